The van der Waals surface area contributed by atoms with E-state index in [4.69, 9.17) is 5.73 Å². The van der Waals surface area contributed by atoms with Gasteiger partial charge in [-0.2, -0.15) is 13.2 Å². The largest absolute Gasteiger partial charge is 0.416 e. The van der Waals surface area contributed by atoms with Crippen molar-refractivity contribution in [2.75, 3.05) is 13.1 Å². The van der Waals surface area contributed by atoms with Gasteiger partial charge in [-0.3, -0.25) is 4.79 Å². The molecular formula is C21H24ClF3N2O. The van der Waals surface area contributed by atoms with Crippen LogP contribution in [0.25, 0.3) is 11.1 Å². The zero-order valence-electron chi connectivity index (χ0n) is 15.6. The summed E-state index contributed by atoms with van der Waals surface area (Å²) in [5, 5.41) is 0. The predicted octanol–water partition coefficient (Wildman–Crippen LogP) is 4.99. The number of piperidine rings is 1. The molecule has 1 aliphatic heterocycles. The normalized spacial score (nSPS) is 16.4. The minimum Gasteiger partial charge on any atom is -0.339 e. The average Bonchev–Trinajstić information content (AvgIpc) is 2.67. The van der Waals surface area contributed by atoms with Crippen LogP contribution < -0.4 is 5.73 Å². The molecule has 7 heteroatoms. The first-order valence-corrected chi connectivity index (χ1v) is 9.09. The summed E-state index contributed by atoms with van der Waals surface area (Å²) >= 11 is 0. The van der Waals surface area contributed by atoms with E-state index in [0.29, 0.717) is 35.7 Å². The number of benzene rings is 2. The minimum atomic E-state index is -4.38. The van der Waals surface area contributed by atoms with E-state index < -0.39 is 11.7 Å². The quantitative estimate of drug-likeness (QED) is 0.771. The van der Waals surface area contributed by atoms with Crippen molar-refractivity contribution in [3.8, 4) is 11.1 Å². The maximum Gasteiger partial charge on any atom is 0.416 e. The average molecular weight is 413 g/mol. The van der Waals surface area contributed by atoms with Crippen molar-refractivity contribution in [1.82, 2.24) is 4.90 Å². The summed E-state index contributed by atoms with van der Waals surface area (Å²) < 4.78 is 38.4. The Labute approximate surface area is 169 Å². The second kappa shape index (κ2) is 8.97. The number of nitrogens with two attached hydrogens (primary N) is 1. The van der Waals surface area contributed by atoms with E-state index in [9.17, 15) is 18.0 Å². The number of halogens is 4. The molecule has 3 nitrogen and oxygen atoms in total. The number of hydrogen-bond donors (Lipinski definition) is 1. The fourth-order valence-electron chi connectivity index (χ4n) is 3.56. The number of alkyl halides is 3. The lowest BCUT2D eigenvalue weighted by atomic mass is 9.90. The topological polar surface area (TPSA) is 46.3 Å². The van der Waals surface area contributed by atoms with Crippen LogP contribution >= 0.6 is 12.4 Å². The Morgan fingerprint density at radius 1 is 1.07 bits per heavy atom. The SMILES string of the molecule is CC(N)C1CCN(C(=O)c2ccccc2-c2ccc(C(F)(F)F)cc2)CC1.Cl. The summed E-state index contributed by atoms with van der Waals surface area (Å²) in [5.41, 5.74) is 7.01. The molecule has 2 aromatic carbocycles. The highest BCUT2D eigenvalue weighted by molar-refractivity contribution is 6.01. The molecule has 0 radical (unpaired) electrons. The Kier molecular flexibility index (Phi) is 7.12. The van der Waals surface area contributed by atoms with E-state index in [0.717, 1.165) is 25.0 Å². The third kappa shape index (κ3) is 4.86. The highest BCUT2D eigenvalue weighted by Crippen LogP contribution is 2.32. The molecule has 0 bridgehead atoms. The number of hydrogen-bond acceptors (Lipinski definition) is 2. The van der Waals surface area contributed by atoms with Gasteiger partial charge in [-0.25, -0.2) is 0 Å². The van der Waals surface area contributed by atoms with Crippen LogP contribution in [0.15, 0.2) is 48.5 Å². The molecule has 3 rings (SSSR count). The summed E-state index contributed by atoms with van der Waals surface area (Å²) in [4.78, 5) is 14.8. The number of rotatable bonds is 3. The van der Waals surface area contributed by atoms with Crippen LogP contribution in [0.1, 0.15) is 35.7 Å². The second-order valence-electron chi connectivity index (χ2n) is 7.11. The summed E-state index contributed by atoms with van der Waals surface area (Å²) in [6, 6.07) is 12.1. The molecule has 152 valence electrons. The molecule has 1 saturated heterocycles. The lowest BCUT2D eigenvalue weighted by Gasteiger charge is -2.34. The van der Waals surface area contributed by atoms with Crippen molar-refractivity contribution in [2.24, 2.45) is 11.7 Å². The molecule has 28 heavy (non-hydrogen) atoms. The Bertz CT molecular complexity index is 798. The van der Waals surface area contributed by atoms with Crippen LogP contribution in [0.4, 0.5) is 13.2 Å². The van der Waals surface area contributed by atoms with Gasteiger partial charge in [0, 0.05) is 24.7 Å². The van der Waals surface area contributed by atoms with E-state index in [2.05, 4.69) is 0 Å². The van der Waals surface area contributed by atoms with Crippen molar-refractivity contribution < 1.29 is 18.0 Å². The third-order valence-electron chi connectivity index (χ3n) is 5.25. The number of carbonyl (C=O) groups is 1. The number of likely N-dealkylation sites (tertiary alicyclic amines) is 1. The van der Waals surface area contributed by atoms with Crippen molar-refractivity contribution in [2.45, 2.75) is 32.0 Å². The summed E-state index contributed by atoms with van der Waals surface area (Å²) in [7, 11) is 0. The Morgan fingerprint density at radius 2 is 1.64 bits per heavy atom. The molecule has 1 heterocycles. The van der Waals surface area contributed by atoms with Gasteiger partial charge in [-0.15, -0.1) is 12.4 Å². The van der Waals surface area contributed by atoms with Gasteiger partial charge in [0.1, 0.15) is 0 Å². The summed E-state index contributed by atoms with van der Waals surface area (Å²) in [6.07, 6.45) is -2.64. The van der Waals surface area contributed by atoms with E-state index in [1.165, 1.54) is 12.1 Å². The van der Waals surface area contributed by atoms with Crippen LogP contribution in [-0.4, -0.2) is 29.9 Å². The molecule has 1 atom stereocenters. The Morgan fingerprint density at radius 3 is 2.18 bits per heavy atom. The molecule has 1 aliphatic rings. The molecule has 1 unspecified atom stereocenters. The molecule has 0 saturated carbocycles. The van der Waals surface area contributed by atoms with Crippen LogP contribution in [0.5, 0.6) is 0 Å². The van der Waals surface area contributed by atoms with Gasteiger partial charge in [0.15, 0.2) is 0 Å². The van der Waals surface area contributed by atoms with Gasteiger partial charge >= 0.3 is 6.18 Å². The van der Waals surface area contributed by atoms with Gasteiger partial charge in [-0.1, -0.05) is 30.3 Å². The van der Waals surface area contributed by atoms with Crippen LogP contribution in [0.3, 0.4) is 0 Å². The van der Waals surface area contributed by atoms with Crippen molar-refractivity contribution in [3.63, 3.8) is 0 Å². The van der Waals surface area contributed by atoms with Crippen LogP contribution in [-0.2, 0) is 6.18 Å². The summed E-state index contributed by atoms with van der Waals surface area (Å²) in [5.74, 6) is 0.327. The van der Waals surface area contributed by atoms with Gasteiger partial charge in [0.05, 0.1) is 5.56 Å². The number of nitrogens with zero attached hydrogens (tertiary/aromatic N) is 1. The first-order valence-electron chi connectivity index (χ1n) is 9.09. The molecule has 1 fully saturated rings. The van der Waals surface area contributed by atoms with Crippen molar-refractivity contribution in [3.05, 3.63) is 59.7 Å². The van der Waals surface area contributed by atoms with Gasteiger partial charge in [0.25, 0.3) is 5.91 Å². The molecular weight excluding hydrogens is 389 g/mol. The molecule has 0 aliphatic carbocycles. The van der Waals surface area contributed by atoms with Gasteiger partial charge in [0.2, 0.25) is 0 Å². The van der Waals surface area contributed by atoms with E-state index in [1.54, 1.807) is 24.3 Å². The first kappa shape index (κ1) is 22.2. The van der Waals surface area contributed by atoms with E-state index in [1.807, 2.05) is 11.8 Å². The molecule has 0 spiro atoms. The van der Waals surface area contributed by atoms with E-state index >= 15 is 0 Å². The number of amides is 1. The monoisotopic (exact) mass is 412 g/mol. The molecule has 2 aromatic rings. The lowest BCUT2D eigenvalue weighted by Crippen LogP contribution is -2.42. The standard InChI is InChI=1S/C21H23F3N2O.ClH/c1-14(25)15-10-12-26(13-11-15)20(27)19-5-3-2-4-18(19)16-6-8-17(9-7-16)21(22,23)24;/h2-9,14-15H,10-13,25H2,1H3;1H. The summed E-state index contributed by atoms with van der Waals surface area (Å²) in [6.45, 7) is 3.28. The van der Waals surface area contributed by atoms with Gasteiger partial charge < -0.3 is 10.6 Å². The van der Waals surface area contributed by atoms with Crippen LogP contribution in [0, 0.1) is 5.92 Å². The van der Waals surface area contributed by atoms with Crippen LogP contribution in [0.2, 0.25) is 0 Å². The van der Waals surface area contributed by atoms with Crippen molar-refractivity contribution in [1.29, 1.82) is 0 Å². The number of carbonyl (C=O) groups excluding carboxylic acids is 1. The lowest BCUT2D eigenvalue weighted by molar-refractivity contribution is -0.137. The fourth-order valence-corrected chi connectivity index (χ4v) is 3.56. The van der Waals surface area contributed by atoms with Crippen molar-refractivity contribution >= 4 is 18.3 Å². The predicted molar refractivity (Wildman–Crippen MR) is 106 cm³/mol. The maximum absolute atomic E-state index is 13.0. The van der Waals surface area contributed by atoms with Gasteiger partial charge in [-0.05, 0) is 55.0 Å². The molecule has 1 amide bonds. The Hall–Kier alpha value is -2.05. The zero-order chi connectivity index (χ0) is 19.6. The highest BCUT2D eigenvalue weighted by atomic mass is 35.5. The highest BCUT2D eigenvalue weighted by Gasteiger charge is 2.30. The molecule has 2 N–H and O–H groups in total. The fraction of sp³-hybridized carbons (Fsp3) is 0.381. The Balaban J connectivity index is 0.00000280. The van der Waals surface area contributed by atoms with E-state index in [-0.39, 0.29) is 24.4 Å². The molecule has 0 aromatic heterocycles. The minimum absolute atomic E-state index is 0. The third-order valence-corrected chi connectivity index (χ3v) is 5.25. The smallest absolute Gasteiger partial charge is 0.339 e. The first-order chi connectivity index (χ1) is 12.8. The maximum atomic E-state index is 13.0. The second-order valence-corrected chi connectivity index (χ2v) is 7.11. The zero-order valence-corrected chi connectivity index (χ0v) is 16.4.